The number of nitrogens with zero attached hydrogens (tertiary/aromatic N) is 2. The molecule has 0 bridgehead atoms. The second-order valence-corrected chi connectivity index (χ2v) is 8.50. The van der Waals surface area contributed by atoms with E-state index in [0.717, 1.165) is 44.0 Å². The summed E-state index contributed by atoms with van der Waals surface area (Å²) in [5.74, 6) is 2.07. The fourth-order valence-electron chi connectivity index (χ4n) is 3.32. The van der Waals surface area contributed by atoms with Gasteiger partial charge in [0, 0.05) is 24.9 Å². The van der Waals surface area contributed by atoms with E-state index in [9.17, 15) is 8.42 Å². The SMILES string of the molecule is CC1CCn2c(cnc2CC2CCCCS2(=O)=O)C1. The highest BCUT2D eigenvalue weighted by Gasteiger charge is 2.31. The van der Waals surface area contributed by atoms with Gasteiger partial charge in [0.25, 0.3) is 0 Å². The highest BCUT2D eigenvalue weighted by atomic mass is 32.2. The predicted octanol–water partition coefficient (Wildman–Crippen LogP) is 1.98. The van der Waals surface area contributed by atoms with E-state index in [1.54, 1.807) is 0 Å². The topological polar surface area (TPSA) is 52.0 Å². The van der Waals surface area contributed by atoms with Crippen molar-refractivity contribution in [2.24, 2.45) is 5.92 Å². The minimum atomic E-state index is -2.89. The van der Waals surface area contributed by atoms with Gasteiger partial charge in [-0.3, -0.25) is 0 Å². The molecular weight excluding hydrogens is 260 g/mol. The molecule has 1 fully saturated rings. The Kier molecular flexibility index (Phi) is 3.41. The van der Waals surface area contributed by atoms with E-state index in [1.807, 2.05) is 6.20 Å². The Balaban J connectivity index is 1.81. The maximum absolute atomic E-state index is 12.1. The molecule has 2 atom stereocenters. The van der Waals surface area contributed by atoms with Gasteiger partial charge >= 0.3 is 0 Å². The molecule has 3 heterocycles. The van der Waals surface area contributed by atoms with E-state index in [0.29, 0.717) is 12.2 Å². The van der Waals surface area contributed by atoms with Crippen molar-refractivity contribution in [3.8, 4) is 0 Å². The summed E-state index contributed by atoms with van der Waals surface area (Å²) in [7, 11) is -2.89. The monoisotopic (exact) mass is 282 g/mol. The lowest BCUT2D eigenvalue weighted by atomic mass is 9.98. The molecule has 1 saturated heterocycles. The fourth-order valence-corrected chi connectivity index (χ4v) is 5.18. The zero-order valence-corrected chi connectivity index (χ0v) is 12.3. The van der Waals surface area contributed by atoms with E-state index in [1.165, 1.54) is 12.1 Å². The lowest BCUT2D eigenvalue weighted by molar-refractivity contribution is 0.406. The van der Waals surface area contributed by atoms with Crippen molar-refractivity contribution in [2.45, 2.75) is 57.2 Å². The van der Waals surface area contributed by atoms with Crippen LogP contribution in [0.15, 0.2) is 6.20 Å². The average molecular weight is 282 g/mol. The molecular formula is C14H22N2O2S. The third-order valence-corrected chi connectivity index (χ3v) is 6.82. The van der Waals surface area contributed by atoms with Gasteiger partial charge < -0.3 is 4.57 Å². The molecule has 0 radical (unpaired) electrons. The summed E-state index contributed by atoms with van der Waals surface area (Å²) in [5.41, 5.74) is 1.28. The molecule has 2 aliphatic heterocycles. The summed E-state index contributed by atoms with van der Waals surface area (Å²) >= 11 is 0. The number of aromatic nitrogens is 2. The van der Waals surface area contributed by atoms with Gasteiger partial charge in [0.1, 0.15) is 5.82 Å². The molecule has 0 aliphatic carbocycles. The van der Waals surface area contributed by atoms with Crippen molar-refractivity contribution in [3.05, 3.63) is 17.7 Å². The lowest BCUT2D eigenvalue weighted by Crippen LogP contribution is -2.31. The zero-order chi connectivity index (χ0) is 13.5. The predicted molar refractivity (Wildman–Crippen MR) is 74.8 cm³/mol. The molecule has 19 heavy (non-hydrogen) atoms. The van der Waals surface area contributed by atoms with Crippen LogP contribution in [0.5, 0.6) is 0 Å². The Bertz CT molecular complexity index is 562. The molecule has 2 aliphatic rings. The third kappa shape index (κ3) is 2.57. The van der Waals surface area contributed by atoms with Crippen molar-refractivity contribution in [1.29, 1.82) is 0 Å². The smallest absolute Gasteiger partial charge is 0.153 e. The molecule has 2 unspecified atom stereocenters. The van der Waals surface area contributed by atoms with Crippen LogP contribution >= 0.6 is 0 Å². The highest BCUT2D eigenvalue weighted by molar-refractivity contribution is 7.92. The zero-order valence-electron chi connectivity index (χ0n) is 11.5. The number of imidazole rings is 1. The molecule has 0 amide bonds. The standard InChI is InChI=1S/C14H22N2O2S/c1-11-5-6-16-12(8-11)10-15-14(16)9-13-4-2-3-7-19(13,17)18/h10-11,13H,2-9H2,1H3. The molecule has 0 spiro atoms. The first kappa shape index (κ1) is 13.2. The first-order valence-corrected chi connectivity index (χ1v) is 9.02. The molecule has 0 saturated carbocycles. The number of sulfone groups is 1. The van der Waals surface area contributed by atoms with Crippen LogP contribution in [0.2, 0.25) is 0 Å². The van der Waals surface area contributed by atoms with Crippen LogP contribution in [0, 0.1) is 5.92 Å². The summed E-state index contributed by atoms with van der Waals surface area (Å²) < 4.78 is 26.4. The van der Waals surface area contributed by atoms with Crippen LogP contribution in [0.4, 0.5) is 0 Å². The fraction of sp³-hybridized carbons (Fsp3) is 0.786. The van der Waals surface area contributed by atoms with Crippen molar-refractivity contribution in [1.82, 2.24) is 9.55 Å². The molecule has 3 rings (SSSR count). The van der Waals surface area contributed by atoms with Crippen LogP contribution in [0.3, 0.4) is 0 Å². The molecule has 1 aromatic rings. The summed E-state index contributed by atoms with van der Waals surface area (Å²) in [6, 6.07) is 0. The van der Waals surface area contributed by atoms with Gasteiger partial charge in [-0.25, -0.2) is 13.4 Å². The molecule has 1 aromatic heterocycles. The first-order valence-electron chi connectivity index (χ1n) is 7.31. The summed E-state index contributed by atoms with van der Waals surface area (Å²) in [6.45, 7) is 3.26. The van der Waals surface area contributed by atoms with Gasteiger partial charge in [-0.15, -0.1) is 0 Å². The van der Waals surface area contributed by atoms with Crippen LogP contribution < -0.4 is 0 Å². The van der Waals surface area contributed by atoms with Crippen LogP contribution in [-0.4, -0.2) is 29.0 Å². The molecule has 4 nitrogen and oxygen atoms in total. The lowest BCUT2D eigenvalue weighted by Gasteiger charge is -2.25. The van der Waals surface area contributed by atoms with Crippen molar-refractivity contribution in [3.63, 3.8) is 0 Å². The second-order valence-electron chi connectivity index (χ2n) is 6.10. The Morgan fingerprint density at radius 2 is 2.21 bits per heavy atom. The number of hydrogen-bond acceptors (Lipinski definition) is 3. The quantitative estimate of drug-likeness (QED) is 0.833. The molecule has 5 heteroatoms. The minimum Gasteiger partial charge on any atom is -0.332 e. The average Bonchev–Trinajstić information content (AvgIpc) is 2.74. The van der Waals surface area contributed by atoms with E-state index in [2.05, 4.69) is 16.5 Å². The first-order chi connectivity index (χ1) is 9.06. The molecule has 0 aromatic carbocycles. The van der Waals surface area contributed by atoms with Gasteiger partial charge in [-0.2, -0.15) is 0 Å². The van der Waals surface area contributed by atoms with Gasteiger partial charge in [0.05, 0.1) is 11.0 Å². The van der Waals surface area contributed by atoms with Crippen molar-refractivity contribution in [2.75, 3.05) is 5.75 Å². The van der Waals surface area contributed by atoms with Gasteiger partial charge in [0.15, 0.2) is 9.84 Å². The van der Waals surface area contributed by atoms with Gasteiger partial charge in [-0.05, 0) is 31.6 Å². The number of hydrogen-bond donors (Lipinski definition) is 0. The normalized spacial score (nSPS) is 29.9. The molecule has 0 N–H and O–H groups in total. The summed E-state index contributed by atoms with van der Waals surface area (Å²) in [5, 5.41) is -0.202. The number of rotatable bonds is 2. The van der Waals surface area contributed by atoms with Crippen LogP contribution in [0.1, 0.15) is 44.1 Å². The van der Waals surface area contributed by atoms with Crippen molar-refractivity contribution >= 4 is 9.84 Å². The van der Waals surface area contributed by atoms with Gasteiger partial charge in [-0.1, -0.05) is 13.3 Å². The van der Waals surface area contributed by atoms with E-state index in [-0.39, 0.29) is 5.25 Å². The second kappa shape index (κ2) is 4.93. The van der Waals surface area contributed by atoms with E-state index >= 15 is 0 Å². The maximum atomic E-state index is 12.1. The largest absolute Gasteiger partial charge is 0.332 e. The molecule has 106 valence electrons. The third-order valence-electron chi connectivity index (χ3n) is 4.55. The van der Waals surface area contributed by atoms with Crippen LogP contribution in [-0.2, 0) is 29.2 Å². The van der Waals surface area contributed by atoms with Crippen molar-refractivity contribution < 1.29 is 8.42 Å². The Morgan fingerprint density at radius 1 is 1.37 bits per heavy atom. The van der Waals surface area contributed by atoms with E-state index in [4.69, 9.17) is 0 Å². The highest BCUT2D eigenvalue weighted by Crippen LogP contribution is 2.26. The van der Waals surface area contributed by atoms with Crippen LogP contribution in [0.25, 0.3) is 0 Å². The van der Waals surface area contributed by atoms with E-state index < -0.39 is 9.84 Å². The maximum Gasteiger partial charge on any atom is 0.153 e. The summed E-state index contributed by atoms with van der Waals surface area (Å²) in [4.78, 5) is 4.49. The Hall–Kier alpha value is -0.840. The Morgan fingerprint density at radius 3 is 3.00 bits per heavy atom. The Labute approximate surface area is 115 Å². The number of fused-ring (bicyclic) bond motifs is 1. The minimum absolute atomic E-state index is 0.202. The summed E-state index contributed by atoms with van der Waals surface area (Å²) in [6.07, 6.45) is 7.47. The van der Waals surface area contributed by atoms with Gasteiger partial charge in [0.2, 0.25) is 0 Å².